The van der Waals surface area contributed by atoms with Gasteiger partial charge in [-0.2, -0.15) is 12.8 Å². The van der Waals surface area contributed by atoms with Crippen LogP contribution < -0.4 is 4.74 Å². The Morgan fingerprint density at radius 2 is 1.91 bits per heavy atom. The molecule has 0 aliphatic carbocycles. The van der Waals surface area contributed by atoms with Gasteiger partial charge in [0.1, 0.15) is 0 Å². The third-order valence-electron chi connectivity index (χ3n) is 3.01. The van der Waals surface area contributed by atoms with Crippen LogP contribution in [0.15, 0.2) is 50.2 Å². The average molecular weight is 398 g/mol. The van der Waals surface area contributed by atoms with E-state index in [1.807, 2.05) is 6.92 Å². The molecule has 0 bridgehead atoms. The zero-order valence-electron chi connectivity index (χ0n) is 12.7. The first-order valence-corrected chi connectivity index (χ1v) is 9.09. The Kier molecular flexibility index (Phi) is 5.43. The molecule has 122 valence electrons. The van der Waals surface area contributed by atoms with Gasteiger partial charge in [-0.1, -0.05) is 17.7 Å². The van der Waals surface area contributed by atoms with Crippen molar-refractivity contribution < 1.29 is 18.3 Å². The summed E-state index contributed by atoms with van der Waals surface area (Å²) in [7, 11) is -3.77. The van der Waals surface area contributed by atoms with E-state index < -0.39 is 10.0 Å². The lowest BCUT2D eigenvalue weighted by atomic mass is 10.2. The van der Waals surface area contributed by atoms with E-state index in [2.05, 4.69) is 20.3 Å². The van der Waals surface area contributed by atoms with Crippen molar-refractivity contribution >= 4 is 32.2 Å². The van der Waals surface area contributed by atoms with E-state index in [4.69, 9.17) is 4.74 Å². The number of phenolic OH excluding ortho intramolecular Hbond substituents is 1. The molecule has 5 nitrogen and oxygen atoms in total. The van der Waals surface area contributed by atoms with Gasteiger partial charge in [0.15, 0.2) is 11.5 Å². The molecule has 0 unspecified atom stereocenters. The van der Waals surface area contributed by atoms with Crippen molar-refractivity contribution in [2.75, 3.05) is 6.61 Å². The lowest BCUT2D eigenvalue weighted by molar-refractivity contribution is 0.317. The van der Waals surface area contributed by atoms with Crippen LogP contribution in [0.2, 0.25) is 0 Å². The van der Waals surface area contributed by atoms with E-state index in [0.29, 0.717) is 16.6 Å². The second-order valence-corrected chi connectivity index (χ2v) is 7.29. The van der Waals surface area contributed by atoms with Crippen molar-refractivity contribution in [1.29, 1.82) is 0 Å². The number of hydrogen-bond acceptors (Lipinski definition) is 4. The van der Waals surface area contributed by atoms with Gasteiger partial charge < -0.3 is 9.84 Å². The van der Waals surface area contributed by atoms with E-state index in [-0.39, 0.29) is 16.4 Å². The molecule has 0 amide bonds. The smallest absolute Gasteiger partial charge is 0.282 e. The summed E-state index contributed by atoms with van der Waals surface area (Å²) in [5.41, 5.74) is 1.46. The van der Waals surface area contributed by atoms with Crippen LogP contribution >= 0.6 is 15.9 Å². The highest BCUT2D eigenvalue weighted by Gasteiger charge is 2.12. The molecule has 0 saturated carbocycles. The first-order valence-electron chi connectivity index (χ1n) is 6.86. The maximum Gasteiger partial charge on any atom is 0.282 e. The Morgan fingerprint density at radius 1 is 1.26 bits per heavy atom. The van der Waals surface area contributed by atoms with Crippen LogP contribution in [-0.2, 0) is 10.0 Å². The molecule has 23 heavy (non-hydrogen) atoms. The van der Waals surface area contributed by atoms with Crippen LogP contribution in [0.3, 0.4) is 0 Å². The van der Waals surface area contributed by atoms with Gasteiger partial charge in [-0.25, -0.2) is 0 Å². The van der Waals surface area contributed by atoms with Crippen molar-refractivity contribution in [2.45, 2.75) is 18.7 Å². The summed E-state index contributed by atoms with van der Waals surface area (Å²) >= 11 is 3.20. The molecule has 2 rings (SSSR count). The molecule has 0 aromatic heterocycles. The molecule has 0 aliphatic heterocycles. The Balaban J connectivity index is 2.34. The number of nitrogens with zero attached hydrogens (tertiary/aromatic N) is 1. The molecular weight excluding hydrogens is 382 g/mol. The first-order chi connectivity index (χ1) is 10.8. The van der Waals surface area contributed by atoms with Crippen LogP contribution in [0.5, 0.6) is 11.5 Å². The second kappa shape index (κ2) is 7.14. The number of sulfonamides is 1. The summed E-state index contributed by atoms with van der Waals surface area (Å²) in [6.45, 7) is 4.04. The van der Waals surface area contributed by atoms with Crippen molar-refractivity contribution in [3.8, 4) is 11.5 Å². The number of aromatic hydroxyl groups is 1. The minimum absolute atomic E-state index is 0.0367. The molecule has 0 aliphatic rings. The van der Waals surface area contributed by atoms with Crippen molar-refractivity contribution in [2.24, 2.45) is 4.40 Å². The zero-order chi connectivity index (χ0) is 17.0. The maximum absolute atomic E-state index is 12.2. The molecule has 1 N–H and O–H groups in total. The summed E-state index contributed by atoms with van der Waals surface area (Å²) in [6, 6.07) is 9.55. The zero-order valence-corrected chi connectivity index (χ0v) is 15.1. The number of ether oxygens (including phenoxy) is 1. The molecule has 0 spiro atoms. The lowest BCUT2D eigenvalue weighted by Crippen LogP contribution is -1.98. The van der Waals surface area contributed by atoms with Gasteiger partial charge in [-0.05, 0) is 59.6 Å². The van der Waals surface area contributed by atoms with E-state index >= 15 is 0 Å². The molecule has 7 heteroatoms. The topological polar surface area (TPSA) is 76.0 Å². The Labute approximate surface area is 143 Å². The fraction of sp³-hybridized carbons (Fsp3) is 0.188. The third-order valence-corrected chi connectivity index (χ3v) is 4.87. The molecule has 2 aromatic rings. The van der Waals surface area contributed by atoms with Gasteiger partial charge in [-0.3, -0.25) is 0 Å². The average Bonchev–Trinajstić information content (AvgIpc) is 2.51. The van der Waals surface area contributed by atoms with Crippen molar-refractivity contribution in [3.63, 3.8) is 0 Å². The van der Waals surface area contributed by atoms with Crippen molar-refractivity contribution in [1.82, 2.24) is 0 Å². The predicted octanol–water partition coefficient (Wildman–Crippen LogP) is 3.67. The Hall–Kier alpha value is -1.86. The second-order valence-electron chi connectivity index (χ2n) is 4.81. The predicted molar refractivity (Wildman–Crippen MR) is 92.9 cm³/mol. The van der Waals surface area contributed by atoms with Crippen LogP contribution in [0.25, 0.3) is 0 Å². The molecule has 0 fully saturated rings. The molecule has 0 atom stereocenters. The van der Waals surface area contributed by atoms with Crippen molar-refractivity contribution in [3.05, 3.63) is 52.0 Å². The van der Waals surface area contributed by atoms with E-state index in [0.717, 1.165) is 5.56 Å². The number of aryl methyl sites for hydroxylation is 1. The SMILES string of the molecule is CCOc1cc(/C=N\S(=O)(=O)c2ccc(C)cc2)cc(Br)c1O. The Morgan fingerprint density at radius 3 is 2.52 bits per heavy atom. The molecule has 2 aromatic carbocycles. The summed E-state index contributed by atoms with van der Waals surface area (Å²) in [6.07, 6.45) is 1.22. The summed E-state index contributed by atoms with van der Waals surface area (Å²) in [5, 5.41) is 9.85. The van der Waals surface area contributed by atoms with Crippen LogP contribution in [0.1, 0.15) is 18.1 Å². The lowest BCUT2D eigenvalue weighted by Gasteiger charge is -2.08. The van der Waals surface area contributed by atoms with E-state index in [1.165, 1.54) is 24.4 Å². The molecule has 0 saturated heterocycles. The van der Waals surface area contributed by atoms with Gasteiger partial charge in [0, 0.05) is 6.21 Å². The normalized spacial score (nSPS) is 11.8. The number of hydrogen-bond donors (Lipinski definition) is 1. The Bertz CT molecular complexity index is 830. The largest absolute Gasteiger partial charge is 0.503 e. The number of phenols is 1. The molecule has 0 heterocycles. The standard InChI is InChI=1S/C16H16BrNO4S/c1-3-22-15-9-12(8-14(17)16(15)19)10-18-23(20,21)13-6-4-11(2)5-7-13/h4-10,19H,3H2,1-2H3/b18-10-. The van der Waals surface area contributed by atoms with Gasteiger partial charge in [0.05, 0.1) is 16.0 Å². The van der Waals surface area contributed by atoms with Gasteiger partial charge in [0.2, 0.25) is 0 Å². The van der Waals surface area contributed by atoms with E-state index in [9.17, 15) is 13.5 Å². The highest BCUT2D eigenvalue weighted by atomic mass is 79.9. The maximum atomic E-state index is 12.2. The van der Waals surface area contributed by atoms with Gasteiger partial charge >= 0.3 is 0 Å². The highest BCUT2D eigenvalue weighted by Crippen LogP contribution is 2.35. The van der Waals surface area contributed by atoms with Gasteiger partial charge in [-0.15, -0.1) is 0 Å². The fourth-order valence-corrected chi connectivity index (χ4v) is 3.16. The monoisotopic (exact) mass is 397 g/mol. The van der Waals surface area contributed by atoms with Crippen LogP contribution in [-0.4, -0.2) is 26.3 Å². The third kappa shape index (κ3) is 4.33. The highest BCUT2D eigenvalue weighted by molar-refractivity contribution is 9.10. The van der Waals surface area contributed by atoms with Crippen LogP contribution in [0, 0.1) is 6.92 Å². The first kappa shape index (κ1) is 17.5. The minimum Gasteiger partial charge on any atom is -0.503 e. The fourth-order valence-electron chi connectivity index (χ4n) is 1.84. The van der Waals surface area contributed by atoms with E-state index in [1.54, 1.807) is 25.1 Å². The number of halogens is 1. The van der Waals surface area contributed by atoms with Crippen LogP contribution in [0.4, 0.5) is 0 Å². The summed E-state index contributed by atoms with van der Waals surface area (Å²) in [4.78, 5) is 0.127. The van der Waals surface area contributed by atoms with Gasteiger partial charge in [0.25, 0.3) is 10.0 Å². The summed E-state index contributed by atoms with van der Waals surface area (Å²) < 4.78 is 33.8. The molecular formula is C16H16BrNO4S. The quantitative estimate of drug-likeness (QED) is 0.780. The molecule has 0 radical (unpaired) electrons. The summed E-state index contributed by atoms with van der Waals surface area (Å²) in [5.74, 6) is 0.224. The number of rotatable bonds is 5. The number of benzene rings is 2. The minimum atomic E-state index is -3.77.